The summed E-state index contributed by atoms with van der Waals surface area (Å²) in [7, 11) is 0. The van der Waals surface area contributed by atoms with Gasteiger partial charge in [0, 0.05) is 45.3 Å². The molecule has 0 spiro atoms. The van der Waals surface area contributed by atoms with E-state index in [2.05, 4.69) is 200 Å². The molecule has 0 atom stereocenters. The molecule has 11 aromatic rings. The first-order valence-corrected chi connectivity index (χ1v) is 17.1. The van der Waals surface area contributed by atoms with Gasteiger partial charge in [-0.1, -0.05) is 109 Å². The van der Waals surface area contributed by atoms with Crippen molar-refractivity contribution in [1.82, 2.24) is 17.9 Å². The monoisotopic (exact) mass is 638 g/mol. The summed E-state index contributed by atoms with van der Waals surface area (Å²) >= 11 is 0. The summed E-state index contributed by atoms with van der Waals surface area (Å²) in [4.78, 5) is 0. The van der Waals surface area contributed by atoms with Gasteiger partial charge in [-0.05, 0) is 71.8 Å². The SMILES string of the molecule is c1ccc(-c2c3c4ccccc4n(-c4ccc5c(c4)c4c(-c6ccccc6)n6ccccc6c4n5-c4ccccc4)c3c3ccccn23)cc1. The zero-order chi connectivity index (χ0) is 32.8. The molecule has 11 rings (SSSR count). The third-order valence-electron chi connectivity index (χ3n) is 10.4. The minimum absolute atomic E-state index is 1.14. The van der Waals surface area contributed by atoms with E-state index in [-0.39, 0.29) is 0 Å². The summed E-state index contributed by atoms with van der Waals surface area (Å²) in [5.74, 6) is 0. The molecule has 5 aromatic carbocycles. The molecule has 0 aliphatic heterocycles. The van der Waals surface area contributed by atoms with Crippen molar-refractivity contribution in [3.8, 4) is 33.9 Å². The lowest BCUT2D eigenvalue weighted by molar-refractivity contribution is 1.15. The molecule has 50 heavy (non-hydrogen) atoms. The third-order valence-corrected chi connectivity index (χ3v) is 10.4. The summed E-state index contributed by atoms with van der Waals surface area (Å²) in [5, 5.41) is 4.99. The molecule has 0 radical (unpaired) electrons. The van der Waals surface area contributed by atoms with Crippen molar-refractivity contribution in [2.45, 2.75) is 0 Å². The summed E-state index contributed by atoms with van der Waals surface area (Å²) in [6.45, 7) is 0. The molecular weight excluding hydrogens is 609 g/mol. The highest BCUT2D eigenvalue weighted by molar-refractivity contribution is 6.23. The van der Waals surface area contributed by atoms with Crippen LogP contribution in [0.2, 0.25) is 0 Å². The Morgan fingerprint density at radius 2 is 0.780 bits per heavy atom. The first kappa shape index (κ1) is 27.2. The van der Waals surface area contributed by atoms with Crippen molar-refractivity contribution in [3.05, 3.63) is 182 Å². The molecule has 0 amide bonds. The van der Waals surface area contributed by atoms with Crippen LogP contribution >= 0.6 is 0 Å². The molecule has 6 heterocycles. The van der Waals surface area contributed by atoms with E-state index in [4.69, 9.17) is 0 Å². The largest absolute Gasteiger partial charge is 0.314 e. The van der Waals surface area contributed by atoms with Gasteiger partial charge >= 0.3 is 0 Å². The molecular formula is C46H30N4. The Kier molecular flexibility index (Phi) is 5.63. The number of aromatic nitrogens is 4. The van der Waals surface area contributed by atoms with E-state index in [1.165, 1.54) is 77.2 Å². The van der Waals surface area contributed by atoms with E-state index in [0.29, 0.717) is 0 Å². The number of para-hydroxylation sites is 2. The molecule has 234 valence electrons. The fourth-order valence-corrected chi connectivity index (χ4v) is 8.40. The van der Waals surface area contributed by atoms with Gasteiger partial charge in [-0.2, -0.15) is 0 Å². The van der Waals surface area contributed by atoms with Crippen LogP contribution in [0.1, 0.15) is 0 Å². The van der Waals surface area contributed by atoms with Gasteiger partial charge in [0.15, 0.2) is 0 Å². The molecule has 0 fully saturated rings. The van der Waals surface area contributed by atoms with Gasteiger partial charge in [0.1, 0.15) is 0 Å². The van der Waals surface area contributed by atoms with Gasteiger partial charge in [0.05, 0.1) is 44.5 Å². The van der Waals surface area contributed by atoms with Crippen molar-refractivity contribution in [3.63, 3.8) is 0 Å². The average molecular weight is 639 g/mol. The summed E-state index contributed by atoms with van der Waals surface area (Å²) in [6.07, 6.45) is 4.40. The molecule has 0 unspecified atom stereocenters. The predicted molar refractivity (Wildman–Crippen MR) is 208 cm³/mol. The lowest BCUT2D eigenvalue weighted by Crippen LogP contribution is -1.97. The first-order chi connectivity index (χ1) is 24.9. The van der Waals surface area contributed by atoms with Gasteiger partial charge in [-0.3, -0.25) is 0 Å². The zero-order valence-corrected chi connectivity index (χ0v) is 27.1. The van der Waals surface area contributed by atoms with Crippen LogP contribution in [-0.2, 0) is 0 Å². The number of fused-ring (bicyclic) bond motifs is 10. The van der Waals surface area contributed by atoms with E-state index < -0.39 is 0 Å². The molecule has 0 saturated carbocycles. The van der Waals surface area contributed by atoms with Gasteiger partial charge in [0.2, 0.25) is 0 Å². The number of pyridine rings is 2. The Hall–Kier alpha value is -6.78. The molecule has 0 saturated heterocycles. The van der Waals surface area contributed by atoms with Gasteiger partial charge in [0.25, 0.3) is 0 Å². The third kappa shape index (κ3) is 3.65. The number of nitrogens with zero attached hydrogens (tertiary/aromatic N) is 4. The van der Waals surface area contributed by atoms with Crippen LogP contribution in [0.4, 0.5) is 0 Å². The van der Waals surface area contributed by atoms with Gasteiger partial charge < -0.3 is 17.9 Å². The predicted octanol–water partition coefficient (Wildman–Crippen LogP) is 11.7. The van der Waals surface area contributed by atoms with Crippen LogP contribution in [0, 0.1) is 0 Å². The van der Waals surface area contributed by atoms with E-state index in [0.717, 1.165) is 11.4 Å². The Balaban J connectivity index is 1.32. The van der Waals surface area contributed by atoms with E-state index in [1.807, 2.05) is 0 Å². The van der Waals surface area contributed by atoms with Gasteiger partial charge in [-0.25, -0.2) is 0 Å². The molecule has 6 aromatic heterocycles. The number of benzene rings is 5. The Morgan fingerprint density at radius 3 is 1.40 bits per heavy atom. The van der Waals surface area contributed by atoms with E-state index >= 15 is 0 Å². The standard InChI is InChI=1S/C46H30N4/c1-4-16-31(17-5-1)43-41-35-22-10-11-23-37(35)50(45(41)39-24-12-14-28-47(39)43)34-26-27-38-36(30-34)42-44(32-18-6-2-7-19-32)48-29-15-13-25-40(48)46(42)49(38)33-20-8-3-9-21-33/h1-30H. The summed E-state index contributed by atoms with van der Waals surface area (Å²) in [5.41, 5.74) is 14.3. The highest BCUT2D eigenvalue weighted by Crippen LogP contribution is 2.46. The second-order valence-electron chi connectivity index (χ2n) is 13.0. The second kappa shape index (κ2) is 10.4. The van der Waals surface area contributed by atoms with Crippen molar-refractivity contribution in [1.29, 1.82) is 0 Å². The molecule has 0 N–H and O–H groups in total. The molecule has 0 aliphatic carbocycles. The normalized spacial score (nSPS) is 12.0. The summed E-state index contributed by atoms with van der Waals surface area (Å²) < 4.78 is 9.65. The maximum absolute atomic E-state index is 2.48. The van der Waals surface area contributed by atoms with Crippen molar-refractivity contribution in [2.24, 2.45) is 0 Å². The maximum Gasteiger partial charge on any atom is 0.0803 e. The fraction of sp³-hybridized carbons (Fsp3) is 0. The highest BCUT2D eigenvalue weighted by Gasteiger charge is 2.25. The zero-order valence-electron chi connectivity index (χ0n) is 27.1. The molecule has 0 bridgehead atoms. The fourth-order valence-electron chi connectivity index (χ4n) is 8.40. The number of hydrogen-bond donors (Lipinski definition) is 0. The van der Waals surface area contributed by atoms with Crippen molar-refractivity contribution >= 4 is 54.6 Å². The van der Waals surface area contributed by atoms with Crippen LogP contribution in [-0.4, -0.2) is 17.9 Å². The quantitative estimate of drug-likeness (QED) is 0.183. The van der Waals surface area contributed by atoms with E-state index in [9.17, 15) is 0 Å². The van der Waals surface area contributed by atoms with Crippen LogP contribution in [0.3, 0.4) is 0 Å². The van der Waals surface area contributed by atoms with Crippen LogP contribution in [0.25, 0.3) is 88.5 Å². The van der Waals surface area contributed by atoms with Crippen LogP contribution in [0.15, 0.2) is 182 Å². The lowest BCUT2D eigenvalue weighted by Gasteiger charge is -2.12. The average Bonchev–Trinajstić information content (AvgIpc) is 3.90. The minimum atomic E-state index is 1.14. The summed E-state index contributed by atoms with van der Waals surface area (Å²) in [6, 6.07) is 61.3. The second-order valence-corrected chi connectivity index (χ2v) is 13.0. The Morgan fingerprint density at radius 1 is 0.320 bits per heavy atom. The number of hydrogen-bond acceptors (Lipinski definition) is 0. The molecule has 4 heteroatoms. The molecule has 0 aliphatic rings. The smallest absolute Gasteiger partial charge is 0.0803 e. The van der Waals surface area contributed by atoms with E-state index in [1.54, 1.807) is 0 Å². The Labute approximate surface area is 287 Å². The lowest BCUT2D eigenvalue weighted by atomic mass is 10.1. The van der Waals surface area contributed by atoms with Crippen molar-refractivity contribution < 1.29 is 0 Å². The minimum Gasteiger partial charge on any atom is -0.314 e. The van der Waals surface area contributed by atoms with Gasteiger partial charge in [-0.15, -0.1) is 0 Å². The first-order valence-electron chi connectivity index (χ1n) is 17.1. The van der Waals surface area contributed by atoms with Crippen LogP contribution in [0.5, 0.6) is 0 Å². The highest BCUT2D eigenvalue weighted by atomic mass is 15.1. The topological polar surface area (TPSA) is 18.7 Å². The maximum atomic E-state index is 2.48. The Bertz CT molecular complexity index is 3020. The number of rotatable bonds is 4. The van der Waals surface area contributed by atoms with Crippen LogP contribution < -0.4 is 0 Å². The molecule has 4 nitrogen and oxygen atoms in total. The van der Waals surface area contributed by atoms with Crippen molar-refractivity contribution in [2.75, 3.05) is 0 Å².